The van der Waals surface area contributed by atoms with Crippen LogP contribution in [-0.4, -0.2) is 32.7 Å². The van der Waals surface area contributed by atoms with Gasteiger partial charge in [-0.15, -0.1) is 0 Å². The van der Waals surface area contributed by atoms with Crippen LogP contribution in [0.3, 0.4) is 0 Å². The van der Waals surface area contributed by atoms with Crippen LogP contribution in [0.5, 0.6) is 0 Å². The molecular weight excluding hydrogens is 436 g/mol. The highest BCUT2D eigenvalue weighted by atomic mass is 32.2. The van der Waals surface area contributed by atoms with E-state index in [2.05, 4.69) is 10.3 Å². The minimum Gasteiger partial charge on any atom is -0.465 e. The van der Waals surface area contributed by atoms with E-state index in [1.54, 1.807) is 12.1 Å². The molecule has 0 radical (unpaired) electrons. The lowest BCUT2D eigenvalue weighted by molar-refractivity contribution is -0.114. The van der Waals surface area contributed by atoms with Gasteiger partial charge in [0, 0.05) is 6.92 Å². The van der Waals surface area contributed by atoms with Gasteiger partial charge in [0.15, 0.2) is 16.2 Å². The van der Waals surface area contributed by atoms with Crippen molar-refractivity contribution in [2.24, 2.45) is 0 Å². The molecule has 0 saturated carbocycles. The Labute approximate surface area is 186 Å². The number of carbonyl (C=O) groups excluding carboxylic acids is 2. The Balaban J connectivity index is 1.81. The van der Waals surface area contributed by atoms with Crippen molar-refractivity contribution >= 4 is 39.4 Å². The molecule has 162 valence electrons. The molecule has 1 amide bonds. The molecule has 0 saturated heterocycles. The Morgan fingerprint density at radius 3 is 2.29 bits per heavy atom. The van der Waals surface area contributed by atoms with Gasteiger partial charge in [-0.2, -0.15) is 0 Å². The van der Waals surface area contributed by atoms with Crippen molar-refractivity contribution in [3.8, 4) is 10.4 Å². The van der Waals surface area contributed by atoms with Crippen LogP contribution in [0.25, 0.3) is 10.4 Å². The van der Waals surface area contributed by atoms with Crippen LogP contribution >= 0.6 is 11.3 Å². The molecule has 0 fully saturated rings. The standard InChI is InChI=1S/C22H22N2O5S2/c1-14(25)23-22-24-19(12-7-15-3-10-18(11-4-15)21(26)29-2)20(30-22)17-8-5-16(6-9-17)13-31(27)28/h3-6,8-11H,7,12-13H2,1-2H3,(H,27,28)(H,23,24,25). The number of aryl methyl sites for hydroxylation is 2. The molecule has 0 aliphatic carbocycles. The first-order valence-electron chi connectivity index (χ1n) is 9.47. The second-order valence-corrected chi connectivity index (χ2v) is 8.76. The van der Waals surface area contributed by atoms with E-state index in [1.807, 2.05) is 36.4 Å². The van der Waals surface area contributed by atoms with Crippen LogP contribution in [0.2, 0.25) is 0 Å². The lowest BCUT2D eigenvalue weighted by Gasteiger charge is -2.05. The van der Waals surface area contributed by atoms with E-state index >= 15 is 0 Å². The van der Waals surface area contributed by atoms with Crippen molar-refractivity contribution in [2.45, 2.75) is 25.5 Å². The maximum Gasteiger partial charge on any atom is 0.337 e. The van der Waals surface area contributed by atoms with Gasteiger partial charge in [0.2, 0.25) is 5.91 Å². The fourth-order valence-electron chi connectivity index (χ4n) is 3.03. The molecule has 3 aromatic rings. The topological polar surface area (TPSA) is 106 Å². The summed E-state index contributed by atoms with van der Waals surface area (Å²) in [6.45, 7) is 1.44. The van der Waals surface area contributed by atoms with Gasteiger partial charge in [-0.3, -0.25) is 4.79 Å². The first-order chi connectivity index (χ1) is 14.9. The van der Waals surface area contributed by atoms with Gasteiger partial charge in [0.05, 0.1) is 29.0 Å². The first-order valence-corrected chi connectivity index (χ1v) is 11.6. The maximum atomic E-state index is 11.6. The average Bonchev–Trinajstić information content (AvgIpc) is 3.14. The number of amides is 1. The SMILES string of the molecule is COC(=O)c1ccc(CCc2nc(NC(C)=O)sc2-c2ccc(CS(=O)O)cc2)cc1. The Kier molecular flexibility index (Phi) is 7.67. The molecule has 31 heavy (non-hydrogen) atoms. The van der Waals surface area contributed by atoms with Crippen molar-refractivity contribution in [2.75, 3.05) is 12.4 Å². The second-order valence-electron chi connectivity index (χ2n) is 6.83. The molecule has 1 heterocycles. The number of esters is 1. The Hall–Kier alpha value is -2.88. The van der Waals surface area contributed by atoms with Crippen LogP contribution in [0.15, 0.2) is 48.5 Å². The van der Waals surface area contributed by atoms with E-state index in [4.69, 9.17) is 9.29 Å². The van der Waals surface area contributed by atoms with Gasteiger partial charge in [-0.05, 0) is 41.7 Å². The van der Waals surface area contributed by atoms with Crippen LogP contribution in [-0.2, 0) is 39.2 Å². The summed E-state index contributed by atoms with van der Waals surface area (Å²) in [7, 11) is 1.35. The van der Waals surface area contributed by atoms with Crippen molar-refractivity contribution in [1.29, 1.82) is 0 Å². The smallest absolute Gasteiger partial charge is 0.337 e. The van der Waals surface area contributed by atoms with Crippen molar-refractivity contribution < 1.29 is 23.1 Å². The summed E-state index contributed by atoms with van der Waals surface area (Å²) < 4.78 is 24.8. The van der Waals surface area contributed by atoms with Gasteiger partial charge in [-0.1, -0.05) is 47.7 Å². The summed E-state index contributed by atoms with van der Waals surface area (Å²) >= 11 is -0.499. The molecule has 2 aromatic carbocycles. The molecular formula is C22H22N2O5S2. The number of aromatic nitrogens is 1. The number of methoxy groups -OCH3 is 1. The highest BCUT2D eigenvalue weighted by molar-refractivity contribution is 7.78. The molecule has 1 atom stereocenters. The number of ether oxygens (including phenoxy) is 1. The predicted octanol–water partition coefficient (Wildman–Crippen LogP) is 4.06. The molecule has 9 heteroatoms. The second kappa shape index (κ2) is 10.4. The van der Waals surface area contributed by atoms with Gasteiger partial charge in [-0.25, -0.2) is 14.0 Å². The number of benzene rings is 2. The molecule has 0 aliphatic rings. The average molecular weight is 459 g/mol. The zero-order valence-corrected chi connectivity index (χ0v) is 18.7. The van der Waals surface area contributed by atoms with Gasteiger partial charge in [0.1, 0.15) is 0 Å². The van der Waals surface area contributed by atoms with E-state index in [-0.39, 0.29) is 17.6 Å². The molecule has 0 aliphatic heterocycles. The van der Waals surface area contributed by atoms with E-state index in [0.717, 1.165) is 27.3 Å². The van der Waals surface area contributed by atoms with Crippen LogP contribution in [0, 0.1) is 0 Å². The molecule has 3 rings (SSSR count). The van der Waals surface area contributed by atoms with Crippen molar-refractivity contribution in [3.63, 3.8) is 0 Å². The number of nitrogens with zero attached hydrogens (tertiary/aromatic N) is 1. The Morgan fingerprint density at radius 1 is 1.06 bits per heavy atom. The largest absolute Gasteiger partial charge is 0.465 e. The summed E-state index contributed by atoms with van der Waals surface area (Å²) in [6.07, 6.45) is 1.35. The Bertz CT molecular complexity index is 1090. The molecule has 2 N–H and O–H groups in total. The normalized spacial score (nSPS) is 11.7. The number of hydrogen-bond donors (Lipinski definition) is 2. The Morgan fingerprint density at radius 2 is 1.71 bits per heavy atom. The molecule has 7 nitrogen and oxygen atoms in total. The van der Waals surface area contributed by atoms with Gasteiger partial charge < -0.3 is 14.6 Å². The summed E-state index contributed by atoms with van der Waals surface area (Å²) in [5.41, 5.74) is 4.09. The van der Waals surface area contributed by atoms with Crippen molar-refractivity contribution in [3.05, 3.63) is 70.9 Å². The minimum atomic E-state index is -1.89. The fourth-order valence-corrected chi connectivity index (χ4v) is 4.57. The summed E-state index contributed by atoms with van der Waals surface area (Å²) in [5, 5.41) is 3.27. The molecule has 1 aromatic heterocycles. The van der Waals surface area contributed by atoms with E-state index in [9.17, 15) is 13.8 Å². The third-order valence-electron chi connectivity index (χ3n) is 4.51. The quantitative estimate of drug-likeness (QED) is 0.390. The maximum absolute atomic E-state index is 11.6. The van der Waals surface area contributed by atoms with Gasteiger partial charge >= 0.3 is 5.97 Å². The van der Waals surface area contributed by atoms with Crippen LogP contribution in [0.4, 0.5) is 5.13 Å². The molecule has 0 spiro atoms. The molecule has 0 bridgehead atoms. The summed E-state index contributed by atoms with van der Waals surface area (Å²) in [5.74, 6) is -0.484. The summed E-state index contributed by atoms with van der Waals surface area (Å²) in [4.78, 5) is 28.6. The van der Waals surface area contributed by atoms with E-state index < -0.39 is 11.1 Å². The third-order valence-corrected chi connectivity index (χ3v) is 6.15. The lowest BCUT2D eigenvalue weighted by atomic mass is 10.0. The highest BCUT2D eigenvalue weighted by Gasteiger charge is 2.15. The van der Waals surface area contributed by atoms with Crippen LogP contribution in [0.1, 0.15) is 34.1 Å². The van der Waals surface area contributed by atoms with Crippen molar-refractivity contribution in [1.82, 2.24) is 4.98 Å². The number of anilines is 1. The third kappa shape index (κ3) is 6.30. The van der Waals surface area contributed by atoms with Gasteiger partial charge in [0.25, 0.3) is 0 Å². The fraction of sp³-hybridized carbons (Fsp3) is 0.227. The highest BCUT2D eigenvalue weighted by Crippen LogP contribution is 2.34. The zero-order valence-electron chi connectivity index (χ0n) is 17.1. The summed E-state index contributed by atoms with van der Waals surface area (Å²) in [6, 6.07) is 14.6. The first kappa shape index (κ1) is 22.8. The number of hydrogen-bond acceptors (Lipinski definition) is 6. The predicted molar refractivity (Wildman–Crippen MR) is 122 cm³/mol. The number of rotatable bonds is 8. The van der Waals surface area contributed by atoms with Crippen LogP contribution < -0.4 is 5.32 Å². The van der Waals surface area contributed by atoms with E-state index in [0.29, 0.717) is 23.5 Å². The number of nitrogens with one attached hydrogen (secondary N) is 1. The zero-order chi connectivity index (χ0) is 22.4. The number of carbonyl (C=O) groups is 2. The lowest BCUT2D eigenvalue weighted by Crippen LogP contribution is -2.05. The monoisotopic (exact) mass is 458 g/mol. The minimum absolute atomic E-state index is 0.0779. The van der Waals surface area contributed by atoms with E-state index in [1.165, 1.54) is 25.4 Å². The molecule has 1 unspecified atom stereocenters. The number of thiazole rings is 1.